The molecule has 0 amide bonds. The van der Waals surface area contributed by atoms with Gasteiger partial charge in [0.1, 0.15) is 15.4 Å². The van der Waals surface area contributed by atoms with Crippen molar-refractivity contribution < 1.29 is 9.84 Å². The lowest BCUT2D eigenvalue weighted by Crippen LogP contribution is -2.11. The molecule has 1 aromatic heterocycles. The Morgan fingerprint density at radius 2 is 2.43 bits per heavy atom. The summed E-state index contributed by atoms with van der Waals surface area (Å²) >= 11 is 7.05. The van der Waals surface area contributed by atoms with Crippen LogP contribution in [0.25, 0.3) is 0 Å². The molecule has 1 aromatic rings. The highest BCUT2D eigenvalue weighted by Gasteiger charge is 2.19. The summed E-state index contributed by atoms with van der Waals surface area (Å²) in [7, 11) is 1.65. The van der Waals surface area contributed by atoms with E-state index in [0.29, 0.717) is 16.0 Å². The van der Waals surface area contributed by atoms with Crippen LogP contribution >= 0.6 is 22.9 Å². The van der Waals surface area contributed by atoms with E-state index in [0.717, 1.165) is 6.42 Å². The molecule has 0 saturated carbocycles. The Hall–Kier alpha value is -0.160. The first-order valence-electron chi connectivity index (χ1n) is 4.43. The second-order valence-electron chi connectivity index (χ2n) is 3.21. The molecule has 0 radical (unpaired) electrons. The molecule has 1 heterocycles. The van der Waals surface area contributed by atoms with Gasteiger partial charge in [-0.2, -0.15) is 0 Å². The number of methoxy groups -OCH3 is 1. The Morgan fingerprint density at radius 1 is 1.71 bits per heavy atom. The van der Waals surface area contributed by atoms with Gasteiger partial charge < -0.3 is 9.84 Å². The lowest BCUT2D eigenvalue weighted by atomic mass is 10.0. The minimum Gasteiger partial charge on any atom is -0.386 e. The molecular weight excluding hydrogens is 222 g/mol. The van der Waals surface area contributed by atoms with E-state index in [4.69, 9.17) is 16.3 Å². The number of hydrogen-bond acceptors (Lipinski definition) is 4. The lowest BCUT2D eigenvalue weighted by molar-refractivity contribution is 0.0884. The number of aliphatic hydroxyl groups excluding tert-OH is 1. The molecule has 3 nitrogen and oxygen atoms in total. The van der Waals surface area contributed by atoms with Crippen molar-refractivity contribution in [2.24, 2.45) is 5.92 Å². The Balaban J connectivity index is 2.51. The number of aliphatic hydroxyl groups is 1. The van der Waals surface area contributed by atoms with Gasteiger partial charge in [0.05, 0.1) is 6.20 Å². The lowest BCUT2D eigenvalue weighted by Gasteiger charge is -2.15. The molecule has 80 valence electrons. The number of thiazole rings is 1. The first kappa shape index (κ1) is 11.9. The molecule has 2 atom stereocenters. The molecule has 1 N–H and O–H groups in total. The Labute approximate surface area is 92.7 Å². The fraction of sp³-hybridized carbons (Fsp3) is 0.667. The largest absolute Gasteiger partial charge is 0.386 e. The van der Waals surface area contributed by atoms with Gasteiger partial charge >= 0.3 is 0 Å². The Bertz CT molecular complexity index is 280. The molecule has 0 aromatic carbocycles. The maximum atomic E-state index is 9.86. The summed E-state index contributed by atoms with van der Waals surface area (Å²) in [6.07, 6.45) is 1.84. The van der Waals surface area contributed by atoms with E-state index in [2.05, 4.69) is 4.98 Å². The van der Waals surface area contributed by atoms with Crippen molar-refractivity contribution in [1.29, 1.82) is 0 Å². The summed E-state index contributed by atoms with van der Waals surface area (Å²) in [6.45, 7) is 2.62. The molecule has 0 saturated heterocycles. The van der Waals surface area contributed by atoms with E-state index in [1.165, 1.54) is 11.3 Å². The Morgan fingerprint density at radius 3 is 2.93 bits per heavy atom. The van der Waals surface area contributed by atoms with Crippen LogP contribution in [0.3, 0.4) is 0 Å². The third-order valence-electron chi connectivity index (χ3n) is 2.06. The van der Waals surface area contributed by atoms with Gasteiger partial charge in [-0.3, -0.25) is 0 Å². The molecule has 0 aliphatic heterocycles. The summed E-state index contributed by atoms with van der Waals surface area (Å²) in [6, 6.07) is 0. The van der Waals surface area contributed by atoms with Gasteiger partial charge in [-0.15, -0.1) is 11.3 Å². The smallest absolute Gasteiger partial charge is 0.123 e. The third kappa shape index (κ3) is 3.20. The van der Waals surface area contributed by atoms with Crippen LogP contribution in [0, 0.1) is 5.92 Å². The van der Waals surface area contributed by atoms with Crippen LogP contribution in [-0.4, -0.2) is 23.8 Å². The summed E-state index contributed by atoms with van der Waals surface area (Å²) < 4.78 is 5.56. The fourth-order valence-corrected chi connectivity index (χ4v) is 2.16. The maximum Gasteiger partial charge on any atom is 0.123 e. The standard InChI is InChI=1S/C9H14ClNO2S/c1-6(3-4-13-2)8(12)9-11-5-7(10)14-9/h5-6,8,12H,3-4H2,1-2H3. The zero-order valence-electron chi connectivity index (χ0n) is 8.24. The molecule has 1 rings (SSSR count). The number of nitrogens with zero attached hydrogens (tertiary/aromatic N) is 1. The SMILES string of the molecule is COCCC(C)C(O)c1ncc(Cl)s1. The van der Waals surface area contributed by atoms with Crippen molar-refractivity contribution in [3.05, 3.63) is 15.5 Å². The van der Waals surface area contributed by atoms with Crippen molar-refractivity contribution in [2.45, 2.75) is 19.4 Å². The van der Waals surface area contributed by atoms with Crippen molar-refractivity contribution in [1.82, 2.24) is 4.98 Å². The van der Waals surface area contributed by atoms with Gasteiger partial charge in [-0.1, -0.05) is 18.5 Å². The molecule has 0 fully saturated rings. The number of rotatable bonds is 5. The van der Waals surface area contributed by atoms with Crippen molar-refractivity contribution in [2.75, 3.05) is 13.7 Å². The summed E-state index contributed by atoms with van der Waals surface area (Å²) in [4.78, 5) is 4.04. The maximum absolute atomic E-state index is 9.86. The minimum absolute atomic E-state index is 0.136. The molecule has 0 aliphatic carbocycles. The molecule has 5 heteroatoms. The van der Waals surface area contributed by atoms with E-state index in [1.54, 1.807) is 13.3 Å². The van der Waals surface area contributed by atoms with Gasteiger partial charge in [0.15, 0.2) is 0 Å². The van der Waals surface area contributed by atoms with Crippen molar-refractivity contribution in [3.8, 4) is 0 Å². The summed E-state index contributed by atoms with van der Waals surface area (Å²) in [5.74, 6) is 0.136. The van der Waals surface area contributed by atoms with E-state index in [9.17, 15) is 5.11 Å². The highest BCUT2D eigenvalue weighted by Crippen LogP contribution is 2.29. The predicted molar refractivity (Wildman–Crippen MR) is 57.7 cm³/mol. The molecule has 0 spiro atoms. The molecule has 14 heavy (non-hydrogen) atoms. The monoisotopic (exact) mass is 235 g/mol. The average molecular weight is 236 g/mol. The zero-order chi connectivity index (χ0) is 10.6. The van der Waals surface area contributed by atoms with Crippen LogP contribution in [0.4, 0.5) is 0 Å². The second-order valence-corrected chi connectivity index (χ2v) is 4.90. The first-order valence-corrected chi connectivity index (χ1v) is 5.62. The minimum atomic E-state index is -0.539. The van der Waals surface area contributed by atoms with Crippen LogP contribution in [0.5, 0.6) is 0 Å². The van der Waals surface area contributed by atoms with E-state index in [-0.39, 0.29) is 5.92 Å². The second kappa shape index (κ2) is 5.66. The summed E-state index contributed by atoms with van der Waals surface area (Å²) in [5.41, 5.74) is 0. The molecule has 0 aliphatic rings. The number of halogens is 1. The summed E-state index contributed by atoms with van der Waals surface area (Å²) in [5, 5.41) is 10.5. The van der Waals surface area contributed by atoms with E-state index >= 15 is 0 Å². The number of ether oxygens (including phenoxy) is 1. The van der Waals surface area contributed by atoms with E-state index < -0.39 is 6.10 Å². The molecule has 0 bridgehead atoms. The van der Waals surface area contributed by atoms with Crippen LogP contribution in [0.2, 0.25) is 4.34 Å². The molecular formula is C9H14ClNO2S. The van der Waals surface area contributed by atoms with Crippen LogP contribution < -0.4 is 0 Å². The van der Waals surface area contributed by atoms with Gasteiger partial charge in [-0.05, 0) is 12.3 Å². The van der Waals surface area contributed by atoms with Gasteiger partial charge in [0.2, 0.25) is 0 Å². The number of hydrogen-bond donors (Lipinski definition) is 1. The third-order valence-corrected chi connectivity index (χ3v) is 3.25. The quantitative estimate of drug-likeness (QED) is 0.853. The Kier molecular flexibility index (Phi) is 4.81. The van der Waals surface area contributed by atoms with Crippen LogP contribution in [-0.2, 0) is 4.74 Å². The van der Waals surface area contributed by atoms with E-state index in [1.807, 2.05) is 6.92 Å². The van der Waals surface area contributed by atoms with Crippen LogP contribution in [0.15, 0.2) is 6.20 Å². The normalized spacial score (nSPS) is 15.4. The van der Waals surface area contributed by atoms with Gasteiger partial charge in [0.25, 0.3) is 0 Å². The van der Waals surface area contributed by atoms with Gasteiger partial charge in [-0.25, -0.2) is 4.98 Å². The molecule has 2 unspecified atom stereocenters. The van der Waals surface area contributed by atoms with Crippen molar-refractivity contribution >= 4 is 22.9 Å². The number of aromatic nitrogens is 1. The van der Waals surface area contributed by atoms with Crippen molar-refractivity contribution in [3.63, 3.8) is 0 Å². The van der Waals surface area contributed by atoms with Gasteiger partial charge in [0, 0.05) is 13.7 Å². The average Bonchev–Trinajstić information content (AvgIpc) is 2.60. The predicted octanol–water partition coefficient (Wildman–Crippen LogP) is 2.50. The van der Waals surface area contributed by atoms with Crippen LogP contribution in [0.1, 0.15) is 24.5 Å². The topological polar surface area (TPSA) is 42.4 Å². The highest BCUT2D eigenvalue weighted by atomic mass is 35.5. The first-order chi connectivity index (χ1) is 6.65. The zero-order valence-corrected chi connectivity index (χ0v) is 9.81. The fourth-order valence-electron chi connectivity index (χ4n) is 1.11. The highest BCUT2D eigenvalue weighted by molar-refractivity contribution is 7.15.